The van der Waals surface area contributed by atoms with Crippen LogP contribution in [0.5, 0.6) is 5.75 Å². The second-order valence-corrected chi connectivity index (χ2v) is 5.98. The van der Waals surface area contributed by atoms with E-state index in [9.17, 15) is 9.59 Å². The first kappa shape index (κ1) is 18.7. The summed E-state index contributed by atoms with van der Waals surface area (Å²) >= 11 is 3.30. The van der Waals surface area contributed by atoms with Crippen molar-refractivity contribution in [2.45, 2.75) is 6.92 Å². The summed E-state index contributed by atoms with van der Waals surface area (Å²) in [5.41, 5.74) is 4.39. The molecule has 2 rings (SSSR count). The highest BCUT2D eigenvalue weighted by Crippen LogP contribution is 2.15. The van der Waals surface area contributed by atoms with Gasteiger partial charge in [0.15, 0.2) is 0 Å². The number of methoxy groups -OCH3 is 1. The molecular weight excluding hydrogens is 386 g/mol. The summed E-state index contributed by atoms with van der Waals surface area (Å²) in [6.45, 7) is 1.61. The molecule has 0 aliphatic heterocycles. The van der Waals surface area contributed by atoms with Gasteiger partial charge in [0.05, 0.1) is 24.9 Å². The van der Waals surface area contributed by atoms with Crippen LogP contribution >= 0.6 is 15.9 Å². The number of amides is 2. The molecule has 0 aromatic heterocycles. The highest BCUT2D eigenvalue weighted by molar-refractivity contribution is 9.10. The van der Waals surface area contributed by atoms with Crippen molar-refractivity contribution in [1.82, 2.24) is 10.7 Å². The molecule has 0 saturated carbocycles. The molecule has 7 heteroatoms. The molecule has 0 fully saturated rings. The van der Waals surface area contributed by atoms with Crippen LogP contribution in [0.1, 0.15) is 22.8 Å². The van der Waals surface area contributed by atoms with Crippen molar-refractivity contribution in [3.63, 3.8) is 0 Å². The van der Waals surface area contributed by atoms with Crippen molar-refractivity contribution in [1.29, 1.82) is 0 Å². The summed E-state index contributed by atoms with van der Waals surface area (Å²) in [5.74, 6) is 0.00196. The number of ether oxygens (including phenoxy) is 1. The molecule has 6 nitrogen and oxygen atoms in total. The molecule has 2 aromatic carbocycles. The van der Waals surface area contributed by atoms with Gasteiger partial charge < -0.3 is 10.1 Å². The van der Waals surface area contributed by atoms with E-state index < -0.39 is 5.91 Å². The quantitative estimate of drug-likeness (QED) is 0.574. The second kappa shape index (κ2) is 8.98. The van der Waals surface area contributed by atoms with Gasteiger partial charge in [0.2, 0.25) is 0 Å². The minimum Gasteiger partial charge on any atom is -0.497 e. The van der Waals surface area contributed by atoms with E-state index in [4.69, 9.17) is 4.74 Å². The molecule has 25 heavy (non-hydrogen) atoms. The van der Waals surface area contributed by atoms with Crippen LogP contribution in [0.15, 0.2) is 58.1 Å². The van der Waals surface area contributed by atoms with Gasteiger partial charge in [-0.25, -0.2) is 5.43 Å². The Balaban J connectivity index is 1.87. The monoisotopic (exact) mass is 403 g/mol. The number of halogens is 1. The smallest absolute Gasteiger partial charge is 0.259 e. The number of carbonyl (C=O) groups is 2. The minimum atomic E-state index is -0.409. The van der Waals surface area contributed by atoms with Crippen LogP contribution in [0.2, 0.25) is 0 Å². The van der Waals surface area contributed by atoms with Crippen molar-refractivity contribution >= 4 is 33.5 Å². The lowest BCUT2D eigenvalue weighted by Gasteiger charge is -2.07. The molecule has 0 aliphatic carbocycles. The van der Waals surface area contributed by atoms with E-state index in [-0.39, 0.29) is 12.5 Å². The maximum absolute atomic E-state index is 12.0. The van der Waals surface area contributed by atoms with Crippen LogP contribution in [-0.2, 0) is 4.79 Å². The Morgan fingerprint density at radius 2 is 1.80 bits per heavy atom. The Hall–Kier alpha value is -2.67. The van der Waals surface area contributed by atoms with E-state index in [1.807, 2.05) is 30.3 Å². The van der Waals surface area contributed by atoms with Gasteiger partial charge in [-0.05, 0) is 64.8 Å². The maximum Gasteiger partial charge on any atom is 0.259 e. The van der Waals surface area contributed by atoms with Gasteiger partial charge in [-0.3, -0.25) is 9.59 Å². The molecule has 130 valence electrons. The lowest BCUT2D eigenvalue weighted by atomic mass is 10.1. The predicted octanol–water partition coefficient (Wildman–Crippen LogP) is 2.73. The number of carbonyl (C=O) groups excluding carboxylic acids is 2. The van der Waals surface area contributed by atoms with Gasteiger partial charge in [-0.1, -0.05) is 12.1 Å². The first-order chi connectivity index (χ1) is 12.0. The molecule has 0 heterocycles. The fourth-order valence-electron chi connectivity index (χ4n) is 1.98. The molecule has 0 unspecified atom stereocenters. The first-order valence-electron chi connectivity index (χ1n) is 7.51. The Morgan fingerprint density at radius 3 is 2.44 bits per heavy atom. The molecule has 0 bridgehead atoms. The summed E-state index contributed by atoms with van der Waals surface area (Å²) in [7, 11) is 1.60. The summed E-state index contributed by atoms with van der Waals surface area (Å²) in [4.78, 5) is 23.9. The van der Waals surface area contributed by atoms with Crippen molar-refractivity contribution in [3.8, 4) is 5.75 Å². The van der Waals surface area contributed by atoms with E-state index in [1.165, 1.54) is 0 Å². The van der Waals surface area contributed by atoms with Crippen LogP contribution in [-0.4, -0.2) is 31.2 Å². The number of nitrogens with zero attached hydrogens (tertiary/aromatic N) is 1. The van der Waals surface area contributed by atoms with E-state index in [0.717, 1.165) is 11.3 Å². The standard InChI is InChI=1S/C18H18BrN3O3/c1-12(13-7-9-14(25-2)10-8-13)21-22-17(23)11-20-18(24)15-5-3-4-6-16(15)19/h3-10H,11H2,1-2H3,(H,20,24)(H,22,23)/b21-12-. The summed E-state index contributed by atoms with van der Waals surface area (Å²) < 4.78 is 5.76. The number of hydrogen-bond donors (Lipinski definition) is 2. The van der Waals surface area contributed by atoms with E-state index in [0.29, 0.717) is 15.7 Å². The first-order valence-corrected chi connectivity index (χ1v) is 8.31. The van der Waals surface area contributed by atoms with E-state index in [2.05, 4.69) is 31.8 Å². The average molecular weight is 404 g/mol. The SMILES string of the molecule is COc1ccc(/C(C)=N\NC(=O)CNC(=O)c2ccccc2Br)cc1. The number of benzene rings is 2. The number of rotatable bonds is 6. The van der Waals surface area contributed by atoms with Crippen LogP contribution < -0.4 is 15.5 Å². The molecule has 0 radical (unpaired) electrons. The maximum atomic E-state index is 12.0. The predicted molar refractivity (Wildman–Crippen MR) is 99.8 cm³/mol. The molecule has 2 N–H and O–H groups in total. The highest BCUT2D eigenvalue weighted by Gasteiger charge is 2.10. The van der Waals surface area contributed by atoms with Gasteiger partial charge in [-0.2, -0.15) is 5.10 Å². The molecule has 0 aliphatic rings. The van der Waals surface area contributed by atoms with Gasteiger partial charge >= 0.3 is 0 Å². The van der Waals surface area contributed by atoms with Crippen LogP contribution in [0.4, 0.5) is 0 Å². The summed E-state index contributed by atoms with van der Waals surface area (Å²) in [6, 6.07) is 14.3. The zero-order valence-corrected chi connectivity index (χ0v) is 15.5. The molecule has 2 amide bonds. The van der Waals surface area contributed by atoms with Crippen molar-refractivity contribution in [3.05, 3.63) is 64.1 Å². The molecule has 0 saturated heterocycles. The van der Waals surface area contributed by atoms with Crippen LogP contribution in [0, 0.1) is 0 Å². The topological polar surface area (TPSA) is 79.8 Å². The van der Waals surface area contributed by atoms with Crippen molar-refractivity contribution < 1.29 is 14.3 Å². The van der Waals surface area contributed by atoms with Crippen LogP contribution in [0.25, 0.3) is 0 Å². The molecular formula is C18H18BrN3O3. The Labute approximate surface area is 154 Å². The fourth-order valence-corrected chi connectivity index (χ4v) is 2.45. The second-order valence-electron chi connectivity index (χ2n) is 5.12. The molecule has 0 spiro atoms. The Bertz CT molecular complexity index is 788. The third kappa shape index (κ3) is 5.42. The zero-order chi connectivity index (χ0) is 18.2. The lowest BCUT2D eigenvalue weighted by molar-refractivity contribution is -0.120. The number of hydrogen-bond acceptors (Lipinski definition) is 4. The van der Waals surface area contributed by atoms with Crippen molar-refractivity contribution in [2.24, 2.45) is 5.10 Å². The highest BCUT2D eigenvalue weighted by atomic mass is 79.9. The third-order valence-electron chi connectivity index (χ3n) is 3.38. The van der Waals surface area contributed by atoms with Gasteiger partial charge in [0.25, 0.3) is 11.8 Å². The third-order valence-corrected chi connectivity index (χ3v) is 4.08. The zero-order valence-electron chi connectivity index (χ0n) is 13.9. The fraction of sp³-hybridized carbons (Fsp3) is 0.167. The largest absolute Gasteiger partial charge is 0.497 e. The molecule has 0 atom stereocenters. The number of nitrogens with one attached hydrogen (secondary N) is 2. The summed E-state index contributed by atoms with van der Waals surface area (Å²) in [6.07, 6.45) is 0. The van der Waals surface area contributed by atoms with Gasteiger partial charge in [0.1, 0.15) is 5.75 Å². The average Bonchev–Trinajstić information content (AvgIpc) is 2.64. The Kier molecular flexibility index (Phi) is 6.71. The van der Waals surface area contributed by atoms with Gasteiger partial charge in [0, 0.05) is 4.47 Å². The Morgan fingerprint density at radius 1 is 1.12 bits per heavy atom. The van der Waals surface area contributed by atoms with E-state index in [1.54, 1.807) is 32.2 Å². The van der Waals surface area contributed by atoms with Crippen LogP contribution in [0.3, 0.4) is 0 Å². The van der Waals surface area contributed by atoms with E-state index >= 15 is 0 Å². The minimum absolute atomic E-state index is 0.167. The van der Waals surface area contributed by atoms with Gasteiger partial charge in [-0.15, -0.1) is 0 Å². The number of hydrazone groups is 1. The van der Waals surface area contributed by atoms with Crippen molar-refractivity contribution in [2.75, 3.05) is 13.7 Å². The molecule has 2 aromatic rings. The normalized spacial score (nSPS) is 10.9. The summed E-state index contributed by atoms with van der Waals surface area (Å²) in [5, 5.41) is 6.59. The lowest BCUT2D eigenvalue weighted by Crippen LogP contribution is -2.35.